The van der Waals surface area contributed by atoms with Crippen molar-refractivity contribution in [1.82, 2.24) is 4.90 Å². The molecule has 1 aliphatic rings. The zero-order valence-corrected chi connectivity index (χ0v) is 13.9. The maximum atomic E-state index is 12.2. The third-order valence-corrected chi connectivity index (χ3v) is 4.37. The molecular formula is C19H23N3O2. The van der Waals surface area contributed by atoms with Crippen LogP contribution in [0, 0.1) is 0 Å². The fourth-order valence-corrected chi connectivity index (χ4v) is 2.82. The molecular weight excluding hydrogens is 302 g/mol. The molecule has 0 aliphatic carbocycles. The van der Waals surface area contributed by atoms with Crippen LogP contribution in [0.1, 0.15) is 11.7 Å². The van der Waals surface area contributed by atoms with Gasteiger partial charge in [-0.3, -0.25) is 4.79 Å². The zero-order valence-electron chi connectivity index (χ0n) is 13.9. The van der Waals surface area contributed by atoms with E-state index in [1.54, 1.807) is 24.3 Å². The lowest BCUT2D eigenvalue weighted by Crippen LogP contribution is -2.44. The first-order valence-electron chi connectivity index (χ1n) is 8.21. The van der Waals surface area contributed by atoms with Gasteiger partial charge in [-0.05, 0) is 36.9 Å². The van der Waals surface area contributed by atoms with Crippen molar-refractivity contribution in [3.05, 3.63) is 60.2 Å². The molecule has 0 bridgehead atoms. The number of carbonyl (C=O) groups excluding carboxylic acids is 1. The molecule has 3 rings (SSSR count). The Hall–Kier alpha value is -2.37. The number of piperazine rings is 1. The van der Waals surface area contributed by atoms with Gasteiger partial charge in [-0.2, -0.15) is 0 Å². The molecule has 2 N–H and O–H groups in total. The van der Waals surface area contributed by atoms with Crippen LogP contribution in [0.15, 0.2) is 54.6 Å². The fraction of sp³-hybridized carbons (Fsp3) is 0.316. The molecule has 126 valence electrons. The Kier molecular flexibility index (Phi) is 5.13. The van der Waals surface area contributed by atoms with Crippen molar-refractivity contribution < 1.29 is 9.90 Å². The van der Waals surface area contributed by atoms with Gasteiger partial charge in [-0.1, -0.05) is 30.3 Å². The van der Waals surface area contributed by atoms with E-state index in [1.165, 1.54) is 0 Å². The van der Waals surface area contributed by atoms with Crippen LogP contribution in [0.5, 0.6) is 0 Å². The number of aliphatic hydroxyl groups excluding tert-OH is 1. The van der Waals surface area contributed by atoms with Crippen molar-refractivity contribution in [3.63, 3.8) is 0 Å². The van der Waals surface area contributed by atoms with E-state index in [9.17, 15) is 9.90 Å². The molecule has 2 aromatic rings. The average molecular weight is 325 g/mol. The number of rotatable bonds is 4. The molecule has 24 heavy (non-hydrogen) atoms. The standard InChI is InChI=1S/C19H23N3O2/c1-21-11-13-22(14-12-21)17-9-7-16(8-10-17)20-19(24)18(23)15-5-3-2-4-6-15/h2-10,18,23H,11-14H2,1H3,(H,20,24)/t18-/m1/s1. The van der Waals surface area contributed by atoms with Gasteiger partial charge >= 0.3 is 0 Å². The number of anilines is 2. The first kappa shape index (κ1) is 16.5. The summed E-state index contributed by atoms with van der Waals surface area (Å²) in [4.78, 5) is 16.8. The molecule has 5 heteroatoms. The molecule has 0 spiro atoms. The van der Waals surface area contributed by atoms with Crippen LogP contribution >= 0.6 is 0 Å². The number of amides is 1. The Morgan fingerprint density at radius 1 is 1.00 bits per heavy atom. The minimum absolute atomic E-state index is 0.423. The summed E-state index contributed by atoms with van der Waals surface area (Å²) in [6, 6.07) is 16.7. The number of hydrogen-bond donors (Lipinski definition) is 2. The van der Waals surface area contributed by atoms with E-state index in [1.807, 2.05) is 30.3 Å². The summed E-state index contributed by atoms with van der Waals surface area (Å²) in [7, 11) is 2.13. The number of nitrogens with zero attached hydrogens (tertiary/aromatic N) is 2. The molecule has 0 unspecified atom stereocenters. The van der Waals surface area contributed by atoms with Crippen LogP contribution in [0.3, 0.4) is 0 Å². The molecule has 1 amide bonds. The van der Waals surface area contributed by atoms with Gasteiger partial charge < -0.3 is 20.2 Å². The lowest BCUT2D eigenvalue weighted by atomic mass is 10.1. The van der Waals surface area contributed by atoms with Gasteiger partial charge in [0.05, 0.1) is 0 Å². The van der Waals surface area contributed by atoms with E-state index in [0.29, 0.717) is 11.3 Å². The second kappa shape index (κ2) is 7.47. The third kappa shape index (κ3) is 3.93. The monoisotopic (exact) mass is 325 g/mol. The van der Waals surface area contributed by atoms with E-state index in [4.69, 9.17) is 0 Å². The van der Waals surface area contributed by atoms with Gasteiger partial charge in [-0.25, -0.2) is 0 Å². The summed E-state index contributed by atoms with van der Waals surface area (Å²) in [6.07, 6.45) is -1.16. The molecule has 0 saturated carbocycles. The predicted octanol–water partition coefficient (Wildman–Crippen LogP) is 2.11. The van der Waals surface area contributed by atoms with Crippen LogP contribution in [0.2, 0.25) is 0 Å². The van der Waals surface area contributed by atoms with Gasteiger partial charge in [0.25, 0.3) is 5.91 Å². The van der Waals surface area contributed by atoms with Crippen molar-refractivity contribution >= 4 is 17.3 Å². The smallest absolute Gasteiger partial charge is 0.257 e. The lowest BCUT2D eigenvalue weighted by molar-refractivity contribution is -0.124. The van der Waals surface area contributed by atoms with E-state index >= 15 is 0 Å². The van der Waals surface area contributed by atoms with Gasteiger partial charge in [0.1, 0.15) is 0 Å². The van der Waals surface area contributed by atoms with E-state index in [0.717, 1.165) is 31.9 Å². The van der Waals surface area contributed by atoms with Crippen LogP contribution in [-0.4, -0.2) is 49.1 Å². The number of hydrogen-bond acceptors (Lipinski definition) is 4. The Morgan fingerprint density at radius 3 is 2.25 bits per heavy atom. The highest BCUT2D eigenvalue weighted by Gasteiger charge is 2.18. The molecule has 5 nitrogen and oxygen atoms in total. The van der Waals surface area contributed by atoms with Crippen molar-refractivity contribution in [2.24, 2.45) is 0 Å². The van der Waals surface area contributed by atoms with E-state index in [2.05, 4.69) is 22.2 Å². The highest BCUT2D eigenvalue weighted by molar-refractivity contribution is 5.94. The first-order valence-corrected chi connectivity index (χ1v) is 8.21. The number of benzene rings is 2. The minimum Gasteiger partial charge on any atom is -0.378 e. The Bertz CT molecular complexity index is 665. The SMILES string of the molecule is CN1CCN(c2ccc(NC(=O)[C@H](O)c3ccccc3)cc2)CC1. The van der Waals surface area contributed by atoms with Crippen molar-refractivity contribution in [3.8, 4) is 0 Å². The van der Waals surface area contributed by atoms with Crippen molar-refractivity contribution in [1.29, 1.82) is 0 Å². The Balaban J connectivity index is 1.61. The summed E-state index contributed by atoms with van der Waals surface area (Å²) in [5, 5.41) is 12.9. The second-order valence-corrected chi connectivity index (χ2v) is 6.14. The topological polar surface area (TPSA) is 55.8 Å². The minimum atomic E-state index is -1.16. The maximum Gasteiger partial charge on any atom is 0.257 e. The first-order chi connectivity index (χ1) is 11.6. The number of nitrogens with one attached hydrogen (secondary N) is 1. The molecule has 0 aromatic heterocycles. The highest BCUT2D eigenvalue weighted by Crippen LogP contribution is 2.21. The summed E-state index contributed by atoms with van der Waals surface area (Å²) >= 11 is 0. The summed E-state index contributed by atoms with van der Waals surface area (Å²) in [5.41, 5.74) is 2.43. The number of aliphatic hydroxyl groups is 1. The lowest BCUT2D eigenvalue weighted by Gasteiger charge is -2.34. The average Bonchev–Trinajstić information content (AvgIpc) is 2.63. The molecule has 1 saturated heterocycles. The molecule has 1 atom stereocenters. The Morgan fingerprint density at radius 2 is 1.62 bits per heavy atom. The largest absolute Gasteiger partial charge is 0.378 e. The molecule has 1 fully saturated rings. The molecule has 0 radical (unpaired) electrons. The van der Waals surface area contributed by atoms with Gasteiger partial charge in [0.2, 0.25) is 0 Å². The molecule has 1 heterocycles. The fourth-order valence-electron chi connectivity index (χ4n) is 2.82. The second-order valence-electron chi connectivity index (χ2n) is 6.14. The summed E-state index contributed by atoms with van der Waals surface area (Å²) < 4.78 is 0. The van der Waals surface area contributed by atoms with Crippen molar-refractivity contribution in [2.75, 3.05) is 43.4 Å². The number of likely N-dealkylation sites (N-methyl/N-ethyl adjacent to an activating group) is 1. The zero-order chi connectivity index (χ0) is 16.9. The van der Waals surface area contributed by atoms with Gasteiger partial charge in [0, 0.05) is 37.6 Å². The Labute approximate surface area is 142 Å². The quantitative estimate of drug-likeness (QED) is 0.904. The summed E-state index contributed by atoms with van der Waals surface area (Å²) in [6.45, 7) is 4.13. The van der Waals surface area contributed by atoms with Gasteiger partial charge in [-0.15, -0.1) is 0 Å². The third-order valence-electron chi connectivity index (χ3n) is 4.37. The molecule has 1 aliphatic heterocycles. The van der Waals surface area contributed by atoms with E-state index < -0.39 is 12.0 Å². The summed E-state index contributed by atoms with van der Waals surface area (Å²) in [5.74, 6) is -0.423. The normalized spacial score (nSPS) is 16.7. The van der Waals surface area contributed by atoms with Crippen LogP contribution in [0.4, 0.5) is 11.4 Å². The van der Waals surface area contributed by atoms with Crippen LogP contribution in [-0.2, 0) is 4.79 Å². The van der Waals surface area contributed by atoms with Crippen molar-refractivity contribution in [2.45, 2.75) is 6.10 Å². The maximum absolute atomic E-state index is 12.2. The van der Waals surface area contributed by atoms with Crippen LogP contribution < -0.4 is 10.2 Å². The van der Waals surface area contributed by atoms with E-state index in [-0.39, 0.29) is 0 Å². The molecule has 2 aromatic carbocycles. The predicted molar refractivity (Wildman–Crippen MR) is 96.2 cm³/mol. The van der Waals surface area contributed by atoms with Crippen LogP contribution in [0.25, 0.3) is 0 Å². The van der Waals surface area contributed by atoms with Gasteiger partial charge in [0.15, 0.2) is 6.10 Å². The number of carbonyl (C=O) groups is 1. The highest BCUT2D eigenvalue weighted by atomic mass is 16.3.